The first-order valence-corrected chi connectivity index (χ1v) is 11.2. The molecule has 0 radical (unpaired) electrons. The normalized spacial score (nSPS) is 16.1. The highest BCUT2D eigenvalue weighted by atomic mass is 32.2. The first-order chi connectivity index (χ1) is 12.9. The summed E-state index contributed by atoms with van der Waals surface area (Å²) in [5.74, 6) is 1.06. The minimum atomic E-state index is -3.19. The summed E-state index contributed by atoms with van der Waals surface area (Å²) in [5, 5.41) is 8.74. The standard InChI is InChI=1S/C20H28N4O2S/c1-4-15-27(25,26)18-7-5-17(6-8-18)19-9-10-20(22-21-19)24-13-11-23(12-14-24)16(2)3/h5-10,16H,4,11-15H2,1-3H3. The molecule has 0 aliphatic carbocycles. The van der Waals surface area contributed by atoms with Gasteiger partial charge in [0.2, 0.25) is 0 Å². The van der Waals surface area contributed by atoms with Crippen LogP contribution in [0.4, 0.5) is 5.82 Å². The highest BCUT2D eigenvalue weighted by Gasteiger charge is 2.20. The van der Waals surface area contributed by atoms with E-state index in [1.54, 1.807) is 24.3 Å². The van der Waals surface area contributed by atoms with Crippen LogP contribution in [0.2, 0.25) is 0 Å². The van der Waals surface area contributed by atoms with Crippen LogP contribution < -0.4 is 4.90 Å². The van der Waals surface area contributed by atoms with Crippen LogP contribution in [0, 0.1) is 0 Å². The molecule has 0 atom stereocenters. The number of nitrogens with zero attached hydrogens (tertiary/aromatic N) is 4. The number of anilines is 1. The van der Waals surface area contributed by atoms with Gasteiger partial charge in [-0.15, -0.1) is 10.2 Å². The highest BCUT2D eigenvalue weighted by molar-refractivity contribution is 7.91. The first kappa shape index (κ1) is 19.8. The molecule has 146 valence electrons. The van der Waals surface area contributed by atoms with Gasteiger partial charge in [-0.05, 0) is 44.5 Å². The SMILES string of the molecule is CCCS(=O)(=O)c1ccc(-c2ccc(N3CCN(C(C)C)CC3)nn2)cc1. The van der Waals surface area contributed by atoms with Gasteiger partial charge in [0.05, 0.1) is 16.3 Å². The molecule has 2 heterocycles. The van der Waals surface area contributed by atoms with Crippen LogP contribution >= 0.6 is 0 Å². The zero-order chi connectivity index (χ0) is 19.4. The van der Waals surface area contributed by atoms with Crippen LogP contribution in [-0.2, 0) is 9.84 Å². The molecule has 0 unspecified atom stereocenters. The van der Waals surface area contributed by atoms with Crippen molar-refractivity contribution in [1.29, 1.82) is 0 Å². The second kappa shape index (κ2) is 8.35. The third-order valence-electron chi connectivity index (χ3n) is 5.00. The minimum absolute atomic E-state index is 0.172. The highest BCUT2D eigenvalue weighted by Crippen LogP contribution is 2.22. The molecule has 1 aromatic carbocycles. The Hall–Kier alpha value is -1.99. The zero-order valence-electron chi connectivity index (χ0n) is 16.3. The number of rotatable bonds is 6. The van der Waals surface area contributed by atoms with Crippen molar-refractivity contribution >= 4 is 15.7 Å². The number of hydrogen-bond acceptors (Lipinski definition) is 6. The lowest BCUT2D eigenvalue weighted by atomic mass is 10.1. The van der Waals surface area contributed by atoms with E-state index in [1.165, 1.54) is 0 Å². The Labute approximate surface area is 162 Å². The second-order valence-corrected chi connectivity index (χ2v) is 9.35. The lowest BCUT2D eigenvalue weighted by Crippen LogP contribution is -2.49. The smallest absolute Gasteiger partial charge is 0.178 e. The van der Waals surface area contributed by atoms with Gasteiger partial charge >= 0.3 is 0 Å². The largest absolute Gasteiger partial charge is 0.353 e. The van der Waals surface area contributed by atoms with E-state index in [-0.39, 0.29) is 5.75 Å². The van der Waals surface area contributed by atoms with E-state index in [0.29, 0.717) is 17.4 Å². The Balaban J connectivity index is 1.69. The molecular weight excluding hydrogens is 360 g/mol. The van der Waals surface area contributed by atoms with E-state index in [0.717, 1.165) is 43.3 Å². The van der Waals surface area contributed by atoms with Crippen molar-refractivity contribution in [3.63, 3.8) is 0 Å². The Morgan fingerprint density at radius 3 is 2.15 bits per heavy atom. The third-order valence-corrected chi connectivity index (χ3v) is 6.94. The van der Waals surface area contributed by atoms with Gasteiger partial charge < -0.3 is 4.90 Å². The molecule has 2 aromatic rings. The average molecular weight is 389 g/mol. The lowest BCUT2D eigenvalue weighted by Gasteiger charge is -2.37. The fourth-order valence-electron chi connectivity index (χ4n) is 3.33. The second-order valence-electron chi connectivity index (χ2n) is 7.24. The van der Waals surface area contributed by atoms with Gasteiger partial charge in [0.1, 0.15) is 0 Å². The summed E-state index contributed by atoms with van der Waals surface area (Å²) in [5.41, 5.74) is 1.62. The molecule has 0 amide bonds. The summed E-state index contributed by atoms with van der Waals surface area (Å²) in [6.07, 6.45) is 0.614. The molecule has 0 N–H and O–H groups in total. The zero-order valence-corrected chi connectivity index (χ0v) is 17.1. The molecular formula is C20H28N4O2S. The summed E-state index contributed by atoms with van der Waals surface area (Å²) < 4.78 is 24.3. The van der Waals surface area contributed by atoms with Gasteiger partial charge in [-0.1, -0.05) is 19.1 Å². The van der Waals surface area contributed by atoms with Gasteiger partial charge in [0.15, 0.2) is 15.7 Å². The van der Waals surface area contributed by atoms with Crippen LogP contribution in [0.25, 0.3) is 11.3 Å². The number of piperazine rings is 1. The number of benzene rings is 1. The predicted molar refractivity (Wildman–Crippen MR) is 109 cm³/mol. The molecule has 3 rings (SSSR count). The maximum atomic E-state index is 12.1. The quantitative estimate of drug-likeness (QED) is 0.758. The molecule has 0 spiro atoms. The van der Waals surface area contributed by atoms with Crippen molar-refractivity contribution in [3.8, 4) is 11.3 Å². The molecule has 27 heavy (non-hydrogen) atoms. The molecule has 1 fully saturated rings. The summed E-state index contributed by atoms with van der Waals surface area (Å²) in [4.78, 5) is 5.09. The van der Waals surface area contributed by atoms with E-state index in [2.05, 4.69) is 33.8 Å². The van der Waals surface area contributed by atoms with Gasteiger partial charge in [0.25, 0.3) is 0 Å². The Morgan fingerprint density at radius 1 is 0.963 bits per heavy atom. The van der Waals surface area contributed by atoms with Crippen molar-refractivity contribution in [2.45, 2.75) is 38.1 Å². The fourth-order valence-corrected chi connectivity index (χ4v) is 4.66. The molecule has 1 aromatic heterocycles. The molecule has 6 nitrogen and oxygen atoms in total. The molecule has 1 saturated heterocycles. The maximum Gasteiger partial charge on any atom is 0.178 e. The summed E-state index contributed by atoms with van der Waals surface area (Å²) in [6.45, 7) is 10.3. The van der Waals surface area contributed by atoms with Crippen LogP contribution in [0.1, 0.15) is 27.2 Å². The van der Waals surface area contributed by atoms with Gasteiger partial charge in [-0.2, -0.15) is 0 Å². The summed E-state index contributed by atoms with van der Waals surface area (Å²) >= 11 is 0. The maximum absolute atomic E-state index is 12.1. The average Bonchev–Trinajstić information content (AvgIpc) is 2.68. The molecule has 1 aliphatic rings. The van der Waals surface area contributed by atoms with Crippen molar-refractivity contribution < 1.29 is 8.42 Å². The van der Waals surface area contributed by atoms with Crippen LogP contribution in [0.5, 0.6) is 0 Å². The number of aromatic nitrogens is 2. The number of hydrogen-bond donors (Lipinski definition) is 0. The third kappa shape index (κ3) is 4.65. The predicted octanol–water partition coefficient (Wildman–Crippen LogP) is 2.86. The monoisotopic (exact) mass is 388 g/mol. The first-order valence-electron chi connectivity index (χ1n) is 9.56. The Bertz CT molecular complexity index is 841. The van der Waals surface area contributed by atoms with Crippen molar-refractivity contribution in [2.24, 2.45) is 0 Å². The van der Waals surface area contributed by atoms with Gasteiger partial charge in [-0.25, -0.2) is 8.42 Å². The summed E-state index contributed by atoms with van der Waals surface area (Å²) in [7, 11) is -3.19. The molecule has 0 saturated carbocycles. The Morgan fingerprint density at radius 2 is 1.63 bits per heavy atom. The van der Waals surface area contributed by atoms with Crippen molar-refractivity contribution in [2.75, 3.05) is 36.8 Å². The van der Waals surface area contributed by atoms with Crippen molar-refractivity contribution in [1.82, 2.24) is 15.1 Å². The lowest BCUT2D eigenvalue weighted by molar-refractivity contribution is 0.209. The fraction of sp³-hybridized carbons (Fsp3) is 0.500. The molecule has 1 aliphatic heterocycles. The van der Waals surface area contributed by atoms with Crippen LogP contribution in [-0.4, -0.2) is 61.5 Å². The summed E-state index contributed by atoms with van der Waals surface area (Å²) in [6, 6.07) is 11.4. The van der Waals surface area contributed by atoms with Gasteiger partial charge in [0, 0.05) is 37.8 Å². The van der Waals surface area contributed by atoms with E-state index < -0.39 is 9.84 Å². The van der Waals surface area contributed by atoms with Gasteiger partial charge in [-0.3, -0.25) is 4.90 Å². The minimum Gasteiger partial charge on any atom is -0.353 e. The van der Waals surface area contributed by atoms with E-state index >= 15 is 0 Å². The Kier molecular flexibility index (Phi) is 6.11. The van der Waals surface area contributed by atoms with Crippen LogP contribution in [0.3, 0.4) is 0 Å². The molecule has 0 bridgehead atoms. The topological polar surface area (TPSA) is 66.4 Å². The van der Waals surface area contributed by atoms with Crippen molar-refractivity contribution in [3.05, 3.63) is 36.4 Å². The van der Waals surface area contributed by atoms with E-state index in [1.807, 2.05) is 19.1 Å². The van der Waals surface area contributed by atoms with E-state index in [4.69, 9.17) is 0 Å². The molecule has 7 heteroatoms. The number of sulfone groups is 1. The van der Waals surface area contributed by atoms with Crippen LogP contribution in [0.15, 0.2) is 41.3 Å². The van der Waals surface area contributed by atoms with E-state index in [9.17, 15) is 8.42 Å².